The Morgan fingerprint density at radius 1 is 1.17 bits per heavy atom. The molecule has 0 saturated carbocycles. The van der Waals surface area contributed by atoms with Crippen LogP contribution in [-0.4, -0.2) is 39.4 Å². The van der Waals surface area contributed by atoms with Crippen molar-refractivity contribution in [2.45, 2.75) is 52.1 Å². The Balaban J connectivity index is 1.55. The average molecular weight is 398 g/mol. The molecule has 1 saturated heterocycles. The van der Waals surface area contributed by atoms with Crippen molar-refractivity contribution in [1.29, 1.82) is 0 Å². The number of amides is 2. The zero-order valence-electron chi connectivity index (χ0n) is 16.8. The Morgan fingerprint density at radius 3 is 2.69 bits per heavy atom. The summed E-state index contributed by atoms with van der Waals surface area (Å²) >= 11 is 0. The number of benzene rings is 1. The molecule has 2 aliphatic heterocycles. The van der Waals surface area contributed by atoms with Crippen molar-refractivity contribution in [3.05, 3.63) is 52.9 Å². The van der Waals surface area contributed by atoms with Gasteiger partial charge in [0, 0.05) is 31.7 Å². The highest BCUT2D eigenvalue weighted by molar-refractivity contribution is 5.97. The standard InChI is InChI=1S/C22H27FN4O2/c1-15-9-12-26(13-10-15)22(29)19-18-8-4-5-11-27(18)20(25-19)21(28)24-14-16-6-2-3-7-17(16)23/h2-3,6-7,15H,4-5,8-14H2,1H3,(H,24,28). The van der Waals surface area contributed by atoms with Gasteiger partial charge in [0.2, 0.25) is 0 Å². The summed E-state index contributed by atoms with van der Waals surface area (Å²) in [4.78, 5) is 32.3. The molecule has 29 heavy (non-hydrogen) atoms. The summed E-state index contributed by atoms with van der Waals surface area (Å²) in [5.41, 5.74) is 1.69. The smallest absolute Gasteiger partial charge is 0.287 e. The molecule has 1 fully saturated rings. The van der Waals surface area contributed by atoms with E-state index in [9.17, 15) is 14.0 Å². The molecule has 2 amide bonds. The van der Waals surface area contributed by atoms with Crippen LogP contribution >= 0.6 is 0 Å². The number of carbonyl (C=O) groups is 2. The Bertz CT molecular complexity index is 916. The Labute approximate surface area is 170 Å². The van der Waals surface area contributed by atoms with Crippen molar-refractivity contribution in [2.75, 3.05) is 13.1 Å². The number of fused-ring (bicyclic) bond motifs is 1. The van der Waals surface area contributed by atoms with E-state index in [2.05, 4.69) is 17.2 Å². The molecule has 1 aromatic carbocycles. The van der Waals surface area contributed by atoms with E-state index in [1.54, 1.807) is 18.2 Å². The van der Waals surface area contributed by atoms with Gasteiger partial charge in [-0.05, 0) is 44.1 Å². The fourth-order valence-electron chi connectivity index (χ4n) is 4.15. The van der Waals surface area contributed by atoms with Crippen LogP contribution in [0.2, 0.25) is 0 Å². The van der Waals surface area contributed by atoms with E-state index in [-0.39, 0.29) is 30.0 Å². The normalized spacial score (nSPS) is 17.1. The molecule has 0 bridgehead atoms. The van der Waals surface area contributed by atoms with Gasteiger partial charge in [0.1, 0.15) is 11.5 Å². The fraction of sp³-hybridized carbons (Fsp3) is 0.500. The van der Waals surface area contributed by atoms with E-state index in [4.69, 9.17) is 0 Å². The molecule has 1 aromatic heterocycles. The summed E-state index contributed by atoms with van der Waals surface area (Å²) < 4.78 is 15.7. The first-order chi connectivity index (χ1) is 14.0. The second-order valence-electron chi connectivity index (χ2n) is 8.09. The molecule has 154 valence electrons. The van der Waals surface area contributed by atoms with E-state index in [0.29, 0.717) is 23.7 Å². The van der Waals surface area contributed by atoms with Gasteiger partial charge in [-0.25, -0.2) is 9.37 Å². The van der Waals surface area contributed by atoms with Gasteiger partial charge in [-0.3, -0.25) is 9.59 Å². The number of carbonyl (C=O) groups excluding carboxylic acids is 2. The number of nitrogens with zero attached hydrogens (tertiary/aromatic N) is 3. The van der Waals surface area contributed by atoms with Crippen LogP contribution in [0.1, 0.15) is 65.0 Å². The maximum Gasteiger partial charge on any atom is 0.287 e. The Hall–Kier alpha value is -2.70. The highest BCUT2D eigenvalue weighted by Gasteiger charge is 2.31. The summed E-state index contributed by atoms with van der Waals surface area (Å²) in [5.74, 6) is 0.0889. The second-order valence-corrected chi connectivity index (χ2v) is 8.09. The van der Waals surface area contributed by atoms with E-state index in [0.717, 1.165) is 50.9 Å². The third-order valence-electron chi connectivity index (χ3n) is 5.99. The van der Waals surface area contributed by atoms with Crippen molar-refractivity contribution < 1.29 is 14.0 Å². The fourth-order valence-corrected chi connectivity index (χ4v) is 4.15. The lowest BCUT2D eigenvalue weighted by Gasteiger charge is -2.30. The number of imidazole rings is 1. The van der Waals surface area contributed by atoms with Gasteiger partial charge in [-0.2, -0.15) is 0 Å². The first kappa shape index (κ1) is 19.6. The third kappa shape index (κ3) is 4.04. The van der Waals surface area contributed by atoms with E-state index < -0.39 is 0 Å². The van der Waals surface area contributed by atoms with E-state index in [1.807, 2.05) is 9.47 Å². The zero-order valence-corrected chi connectivity index (χ0v) is 16.8. The van der Waals surface area contributed by atoms with Crippen LogP contribution in [-0.2, 0) is 19.5 Å². The SMILES string of the molecule is CC1CCN(C(=O)c2nc(C(=O)NCc3ccccc3F)n3c2CCCC3)CC1. The topological polar surface area (TPSA) is 67.2 Å². The molecule has 2 aliphatic rings. The van der Waals surface area contributed by atoms with Crippen LogP contribution in [0, 0.1) is 11.7 Å². The van der Waals surface area contributed by atoms with Gasteiger partial charge in [-0.15, -0.1) is 0 Å². The summed E-state index contributed by atoms with van der Waals surface area (Å²) in [6, 6.07) is 6.36. The molecule has 0 unspecified atom stereocenters. The molecule has 0 atom stereocenters. The quantitative estimate of drug-likeness (QED) is 0.860. The largest absolute Gasteiger partial charge is 0.345 e. The van der Waals surface area contributed by atoms with Crippen LogP contribution in [0.5, 0.6) is 0 Å². The van der Waals surface area contributed by atoms with Crippen molar-refractivity contribution in [3.8, 4) is 0 Å². The van der Waals surface area contributed by atoms with Crippen LogP contribution in [0.4, 0.5) is 4.39 Å². The lowest BCUT2D eigenvalue weighted by atomic mass is 9.98. The number of hydrogen-bond donors (Lipinski definition) is 1. The van der Waals surface area contributed by atoms with Crippen LogP contribution in [0.15, 0.2) is 24.3 Å². The minimum Gasteiger partial charge on any atom is -0.345 e. The minimum atomic E-state index is -0.372. The highest BCUT2D eigenvalue weighted by Crippen LogP contribution is 2.24. The molecule has 0 spiro atoms. The highest BCUT2D eigenvalue weighted by atomic mass is 19.1. The summed E-state index contributed by atoms with van der Waals surface area (Å²) in [7, 11) is 0. The van der Waals surface area contributed by atoms with Gasteiger partial charge < -0.3 is 14.8 Å². The van der Waals surface area contributed by atoms with Crippen LogP contribution in [0.25, 0.3) is 0 Å². The molecule has 6 nitrogen and oxygen atoms in total. The average Bonchev–Trinajstić information content (AvgIpc) is 3.13. The van der Waals surface area contributed by atoms with Crippen molar-refractivity contribution in [1.82, 2.24) is 19.8 Å². The maximum absolute atomic E-state index is 13.8. The predicted octanol–water partition coefficient (Wildman–Crippen LogP) is 3.16. The monoisotopic (exact) mass is 398 g/mol. The molecule has 7 heteroatoms. The molecule has 1 N–H and O–H groups in total. The van der Waals surface area contributed by atoms with E-state index >= 15 is 0 Å². The minimum absolute atomic E-state index is 0.0734. The summed E-state index contributed by atoms with van der Waals surface area (Å²) in [6.45, 7) is 4.44. The Morgan fingerprint density at radius 2 is 1.93 bits per heavy atom. The number of hydrogen-bond acceptors (Lipinski definition) is 3. The first-order valence-electron chi connectivity index (χ1n) is 10.4. The maximum atomic E-state index is 13.8. The van der Waals surface area contributed by atoms with Crippen molar-refractivity contribution in [2.24, 2.45) is 5.92 Å². The lowest BCUT2D eigenvalue weighted by molar-refractivity contribution is 0.0690. The second kappa shape index (κ2) is 8.35. The first-order valence-corrected chi connectivity index (χ1v) is 10.4. The molecule has 0 aliphatic carbocycles. The number of likely N-dealkylation sites (tertiary alicyclic amines) is 1. The molecular weight excluding hydrogens is 371 g/mol. The Kier molecular flexibility index (Phi) is 5.65. The number of piperidine rings is 1. The van der Waals surface area contributed by atoms with Crippen LogP contribution in [0.3, 0.4) is 0 Å². The van der Waals surface area contributed by atoms with Gasteiger partial charge in [0.15, 0.2) is 5.82 Å². The zero-order chi connectivity index (χ0) is 20.4. The lowest BCUT2D eigenvalue weighted by Crippen LogP contribution is -2.38. The molecule has 0 radical (unpaired) electrons. The molecule has 4 rings (SSSR count). The number of aromatic nitrogens is 2. The van der Waals surface area contributed by atoms with Crippen molar-refractivity contribution in [3.63, 3.8) is 0 Å². The van der Waals surface area contributed by atoms with E-state index in [1.165, 1.54) is 6.07 Å². The third-order valence-corrected chi connectivity index (χ3v) is 5.99. The predicted molar refractivity (Wildman–Crippen MR) is 107 cm³/mol. The molecular formula is C22H27FN4O2. The molecule has 2 aromatic rings. The van der Waals surface area contributed by atoms with Gasteiger partial charge >= 0.3 is 0 Å². The number of halogens is 1. The van der Waals surface area contributed by atoms with Gasteiger partial charge in [0.25, 0.3) is 11.8 Å². The summed E-state index contributed by atoms with van der Waals surface area (Å²) in [6.07, 6.45) is 4.68. The number of rotatable bonds is 4. The molecule has 3 heterocycles. The summed E-state index contributed by atoms with van der Waals surface area (Å²) in [5, 5.41) is 2.76. The van der Waals surface area contributed by atoms with Crippen molar-refractivity contribution >= 4 is 11.8 Å². The number of nitrogens with one attached hydrogen (secondary N) is 1. The van der Waals surface area contributed by atoms with Gasteiger partial charge in [0.05, 0.1) is 5.69 Å². The van der Waals surface area contributed by atoms with Crippen LogP contribution < -0.4 is 5.32 Å². The van der Waals surface area contributed by atoms with Gasteiger partial charge in [-0.1, -0.05) is 25.1 Å².